The lowest BCUT2D eigenvalue weighted by Gasteiger charge is -2.22. The normalized spacial score (nSPS) is 16.3. The van der Waals surface area contributed by atoms with Gasteiger partial charge >= 0.3 is 5.97 Å². The Labute approximate surface area is 243 Å². The summed E-state index contributed by atoms with van der Waals surface area (Å²) in [5.74, 6) is -0.178. The van der Waals surface area contributed by atoms with Gasteiger partial charge in [0.2, 0.25) is 0 Å². The number of carbonyl (C=O) groups is 1. The van der Waals surface area contributed by atoms with Gasteiger partial charge in [-0.3, -0.25) is 4.79 Å². The number of rotatable bonds is 29. The molecule has 0 bridgehead atoms. The lowest BCUT2D eigenvalue weighted by molar-refractivity contribution is -0.147. The van der Waals surface area contributed by atoms with Crippen molar-refractivity contribution in [3.8, 4) is 0 Å². The van der Waals surface area contributed by atoms with Crippen LogP contribution in [0.1, 0.15) is 136 Å². The van der Waals surface area contributed by atoms with Crippen molar-refractivity contribution in [2.24, 2.45) is 0 Å². The fraction of sp³-hybridized carbons (Fsp3) is 0.968. The second kappa shape index (κ2) is 27.0. The molecule has 6 N–H and O–H groups in total. The molecule has 0 saturated heterocycles. The Bertz CT molecular complexity index is 563. The molecule has 0 amide bonds. The maximum atomic E-state index is 11.4. The van der Waals surface area contributed by atoms with E-state index in [9.17, 15) is 30.3 Å². The summed E-state index contributed by atoms with van der Waals surface area (Å²) in [6.07, 6.45) is 13.0. The lowest BCUT2D eigenvalue weighted by Crippen LogP contribution is -2.32. The van der Waals surface area contributed by atoms with Crippen molar-refractivity contribution in [1.29, 1.82) is 0 Å². The van der Waals surface area contributed by atoms with E-state index in [2.05, 4.69) is 6.92 Å². The molecule has 0 rings (SSSR count). The summed E-state index contributed by atoms with van der Waals surface area (Å²) in [5.41, 5.74) is 0. The zero-order valence-corrected chi connectivity index (χ0v) is 25.4. The average Bonchev–Trinajstić information content (AvgIpc) is 2.93. The van der Waals surface area contributed by atoms with Crippen molar-refractivity contribution < 1.29 is 44.9 Å². The summed E-state index contributed by atoms with van der Waals surface area (Å²) in [5, 5.41) is 58.4. The van der Waals surface area contributed by atoms with E-state index in [0.717, 1.165) is 57.8 Å². The number of hydrogen-bond acceptors (Lipinski definition) is 9. The first-order valence-corrected chi connectivity index (χ1v) is 16.0. The van der Waals surface area contributed by atoms with Crippen LogP contribution in [0.15, 0.2) is 0 Å². The number of unbranched alkanes of at least 4 members (excludes halogenated alkanes) is 11. The van der Waals surface area contributed by atoms with Crippen LogP contribution in [-0.2, 0) is 14.3 Å². The molecule has 0 aliphatic heterocycles. The van der Waals surface area contributed by atoms with Crippen LogP contribution in [0.4, 0.5) is 0 Å². The Balaban J connectivity index is 3.77. The summed E-state index contributed by atoms with van der Waals surface area (Å²) in [6.45, 7) is 3.41. The zero-order valence-electron chi connectivity index (χ0n) is 25.4. The monoisotopic (exact) mass is 578 g/mol. The standard InChI is InChI=1S/C31H62O9/c1-3-4-5-10-13-16-27(40-25(2)33)17-14-11-8-6-7-9-12-15-18-28(35)29(36)19-20-30(37)31(38)21-22-39-24-26(34)23-32/h26-32,34-38H,3-24H2,1-2H3/t26-,27-,28+,29-,30+,31-/m1/s1. The van der Waals surface area contributed by atoms with Crippen molar-refractivity contribution in [2.75, 3.05) is 19.8 Å². The summed E-state index contributed by atoms with van der Waals surface area (Å²) in [4.78, 5) is 11.4. The molecule has 9 heteroatoms. The van der Waals surface area contributed by atoms with Crippen molar-refractivity contribution in [1.82, 2.24) is 0 Å². The fourth-order valence-corrected chi connectivity index (χ4v) is 4.85. The maximum Gasteiger partial charge on any atom is 0.302 e. The first-order valence-electron chi connectivity index (χ1n) is 16.0. The molecule has 0 radical (unpaired) electrons. The van der Waals surface area contributed by atoms with Gasteiger partial charge < -0.3 is 40.1 Å². The van der Waals surface area contributed by atoms with E-state index in [1.807, 2.05) is 0 Å². The number of esters is 1. The van der Waals surface area contributed by atoms with Crippen LogP contribution < -0.4 is 0 Å². The summed E-state index contributed by atoms with van der Waals surface area (Å²) >= 11 is 0. The van der Waals surface area contributed by atoms with Crippen molar-refractivity contribution in [3.05, 3.63) is 0 Å². The van der Waals surface area contributed by atoms with E-state index >= 15 is 0 Å². The predicted molar refractivity (Wildman–Crippen MR) is 157 cm³/mol. The van der Waals surface area contributed by atoms with E-state index in [1.165, 1.54) is 45.4 Å². The maximum absolute atomic E-state index is 11.4. The van der Waals surface area contributed by atoms with Crippen LogP contribution in [0.25, 0.3) is 0 Å². The quantitative estimate of drug-likeness (QED) is 0.0566. The molecule has 0 aliphatic rings. The molecule has 0 saturated carbocycles. The molecular weight excluding hydrogens is 516 g/mol. The van der Waals surface area contributed by atoms with E-state index in [4.69, 9.17) is 14.6 Å². The highest BCUT2D eigenvalue weighted by Crippen LogP contribution is 2.18. The highest BCUT2D eigenvalue weighted by molar-refractivity contribution is 5.66. The summed E-state index contributed by atoms with van der Waals surface area (Å²) in [6, 6.07) is 0. The number of aliphatic hydroxyl groups is 6. The van der Waals surface area contributed by atoms with Gasteiger partial charge in [-0.25, -0.2) is 0 Å². The van der Waals surface area contributed by atoms with Crippen LogP contribution in [0.2, 0.25) is 0 Å². The molecule has 0 aliphatic carbocycles. The lowest BCUT2D eigenvalue weighted by atomic mass is 9.98. The molecule has 0 aromatic heterocycles. The number of carbonyl (C=O) groups excluding carboxylic acids is 1. The predicted octanol–water partition coefficient (Wildman–Crippen LogP) is 4.16. The topological polar surface area (TPSA) is 157 Å². The van der Waals surface area contributed by atoms with Gasteiger partial charge in [-0.2, -0.15) is 0 Å². The Morgan fingerprint density at radius 1 is 0.600 bits per heavy atom. The highest BCUT2D eigenvalue weighted by Gasteiger charge is 2.21. The molecule has 0 unspecified atom stereocenters. The van der Waals surface area contributed by atoms with Gasteiger partial charge in [-0.15, -0.1) is 0 Å². The van der Waals surface area contributed by atoms with Gasteiger partial charge in [0.05, 0.1) is 37.6 Å². The molecule has 9 nitrogen and oxygen atoms in total. The van der Waals surface area contributed by atoms with Crippen molar-refractivity contribution >= 4 is 5.97 Å². The Morgan fingerprint density at radius 2 is 1.02 bits per heavy atom. The van der Waals surface area contributed by atoms with Gasteiger partial charge in [0, 0.05) is 13.5 Å². The molecular formula is C31H62O9. The number of ether oxygens (including phenoxy) is 2. The molecule has 240 valence electrons. The molecule has 0 aromatic carbocycles. The van der Waals surface area contributed by atoms with Crippen LogP contribution in [0, 0.1) is 0 Å². The van der Waals surface area contributed by atoms with E-state index in [0.29, 0.717) is 6.42 Å². The molecule has 0 spiro atoms. The van der Waals surface area contributed by atoms with Crippen LogP contribution in [-0.4, -0.2) is 93.1 Å². The molecule has 0 heterocycles. The third kappa shape index (κ3) is 23.9. The van der Waals surface area contributed by atoms with E-state index in [-0.39, 0.29) is 44.5 Å². The second-order valence-corrected chi connectivity index (χ2v) is 11.4. The van der Waals surface area contributed by atoms with E-state index in [1.54, 1.807) is 0 Å². The first kappa shape index (κ1) is 39.2. The average molecular weight is 579 g/mol. The number of aliphatic hydroxyl groups excluding tert-OH is 6. The Kier molecular flexibility index (Phi) is 26.5. The van der Waals surface area contributed by atoms with Gasteiger partial charge in [0.25, 0.3) is 0 Å². The van der Waals surface area contributed by atoms with Crippen LogP contribution in [0.5, 0.6) is 0 Å². The smallest absolute Gasteiger partial charge is 0.302 e. The third-order valence-electron chi connectivity index (χ3n) is 7.46. The molecule has 6 atom stereocenters. The van der Waals surface area contributed by atoms with Gasteiger partial charge in [0.15, 0.2) is 0 Å². The molecule has 40 heavy (non-hydrogen) atoms. The van der Waals surface area contributed by atoms with Crippen molar-refractivity contribution in [2.45, 2.75) is 172 Å². The third-order valence-corrected chi connectivity index (χ3v) is 7.46. The van der Waals surface area contributed by atoms with Crippen LogP contribution in [0.3, 0.4) is 0 Å². The second-order valence-electron chi connectivity index (χ2n) is 11.4. The SMILES string of the molecule is CCCCCCC[C@H](CCCCCCCCCC[C@H](O)[C@H](O)CC[C@H](O)[C@H](O)CCOC[C@H](O)CO)OC(C)=O. The molecule has 0 fully saturated rings. The number of hydrogen-bond donors (Lipinski definition) is 6. The summed E-state index contributed by atoms with van der Waals surface area (Å²) in [7, 11) is 0. The Hall–Kier alpha value is -0.810. The molecule has 0 aromatic rings. The van der Waals surface area contributed by atoms with Gasteiger partial charge in [0.1, 0.15) is 12.2 Å². The first-order chi connectivity index (χ1) is 19.2. The Morgan fingerprint density at radius 3 is 1.50 bits per heavy atom. The van der Waals surface area contributed by atoms with Crippen molar-refractivity contribution in [3.63, 3.8) is 0 Å². The zero-order chi connectivity index (χ0) is 30.0. The minimum Gasteiger partial charge on any atom is -0.463 e. The highest BCUT2D eigenvalue weighted by atomic mass is 16.5. The van der Waals surface area contributed by atoms with Gasteiger partial charge in [-0.05, 0) is 51.4 Å². The minimum absolute atomic E-state index is 0.0387. The summed E-state index contributed by atoms with van der Waals surface area (Å²) < 4.78 is 10.6. The fourth-order valence-electron chi connectivity index (χ4n) is 4.85. The van der Waals surface area contributed by atoms with Crippen LogP contribution >= 0.6 is 0 Å². The van der Waals surface area contributed by atoms with E-state index < -0.39 is 37.1 Å². The van der Waals surface area contributed by atoms with Gasteiger partial charge in [-0.1, -0.05) is 77.6 Å². The largest absolute Gasteiger partial charge is 0.463 e. The minimum atomic E-state index is -1.03.